The molecular weight excluding hydrogens is 176 g/mol. The van der Waals surface area contributed by atoms with E-state index in [2.05, 4.69) is 5.32 Å². The first-order valence-electron chi connectivity index (χ1n) is 4.69. The number of nitrogens with one attached hydrogen (secondary N) is 1. The van der Waals surface area contributed by atoms with E-state index in [1.54, 1.807) is 0 Å². The summed E-state index contributed by atoms with van der Waals surface area (Å²) in [5, 5.41) is 2.86. The zero-order valence-corrected chi connectivity index (χ0v) is 8.42. The maximum absolute atomic E-state index is 11.7. The third-order valence-corrected chi connectivity index (χ3v) is 2.82. The molecule has 1 aromatic carbocycles. The van der Waals surface area contributed by atoms with Crippen LogP contribution in [0.2, 0.25) is 0 Å². The average Bonchev–Trinajstić information content (AvgIpc) is 2.11. The summed E-state index contributed by atoms with van der Waals surface area (Å²) in [6.07, 6.45) is 0. The number of carbonyl (C=O) groups excluding carboxylic acids is 1. The van der Waals surface area contributed by atoms with E-state index in [0.29, 0.717) is 12.2 Å². The maximum atomic E-state index is 11.7. The van der Waals surface area contributed by atoms with Crippen LogP contribution in [0.25, 0.3) is 0 Å². The molecule has 1 aliphatic heterocycles. The van der Waals surface area contributed by atoms with Crippen molar-refractivity contribution in [1.29, 1.82) is 0 Å². The van der Waals surface area contributed by atoms with Crippen LogP contribution in [0.15, 0.2) is 18.2 Å². The highest BCUT2D eigenvalue weighted by Gasteiger charge is 2.36. The van der Waals surface area contributed by atoms with Crippen LogP contribution in [0.4, 0.5) is 5.69 Å². The lowest BCUT2D eigenvalue weighted by atomic mass is 9.77. The number of nitrogens with two attached hydrogens (primary N) is 1. The maximum Gasteiger partial charge on any atom is 0.230 e. The average molecular weight is 190 g/mol. The molecule has 0 aliphatic carbocycles. The molecule has 1 amide bonds. The van der Waals surface area contributed by atoms with Crippen molar-refractivity contribution in [3.63, 3.8) is 0 Å². The number of hydrogen-bond acceptors (Lipinski definition) is 2. The highest BCUT2D eigenvalue weighted by atomic mass is 16.2. The Kier molecular flexibility index (Phi) is 1.77. The smallest absolute Gasteiger partial charge is 0.230 e. The molecule has 3 heteroatoms. The summed E-state index contributed by atoms with van der Waals surface area (Å²) < 4.78 is 0. The van der Waals surface area contributed by atoms with Crippen LogP contribution in [0.5, 0.6) is 0 Å². The molecular formula is C11H14N2O. The lowest BCUT2D eigenvalue weighted by molar-refractivity contribution is -0.126. The van der Waals surface area contributed by atoms with E-state index < -0.39 is 5.41 Å². The van der Waals surface area contributed by atoms with Crippen molar-refractivity contribution in [3.8, 4) is 0 Å². The van der Waals surface area contributed by atoms with E-state index in [-0.39, 0.29) is 5.91 Å². The van der Waals surface area contributed by atoms with Gasteiger partial charge in [0.15, 0.2) is 0 Å². The summed E-state index contributed by atoms with van der Waals surface area (Å²) >= 11 is 0. The van der Waals surface area contributed by atoms with E-state index in [9.17, 15) is 4.79 Å². The molecule has 3 nitrogen and oxygen atoms in total. The fourth-order valence-electron chi connectivity index (χ4n) is 2.04. The minimum Gasteiger partial charge on any atom is -0.398 e. The molecule has 0 spiro atoms. The number of anilines is 1. The molecule has 0 fully saturated rings. The van der Waals surface area contributed by atoms with E-state index in [0.717, 1.165) is 11.1 Å². The second kappa shape index (κ2) is 2.74. The van der Waals surface area contributed by atoms with Crippen molar-refractivity contribution >= 4 is 11.6 Å². The summed E-state index contributed by atoms with van der Waals surface area (Å²) in [5.74, 6) is 0.0444. The molecule has 14 heavy (non-hydrogen) atoms. The number of fused-ring (bicyclic) bond motifs is 1. The SMILES string of the molecule is CC1(C)C(=O)NCc2cccc(N)c21. The summed E-state index contributed by atoms with van der Waals surface area (Å²) in [5.41, 5.74) is 8.19. The summed E-state index contributed by atoms with van der Waals surface area (Å²) in [4.78, 5) is 11.7. The second-order valence-corrected chi connectivity index (χ2v) is 4.19. The van der Waals surface area contributed by atoms with Crippen LogP contribution in [-0.2, 0) is 16.8 Å². The summed E-state index contributed by atoms with van der Waals surface area (Å²) in [6, 6.07) is 5.77. The van der Waals surface area contributed by atoms with E-state index >= 15 is 0 Å². The Balaban J connectivity index is 2.67. The molecule has 0 unspecified atom stereocenters. The lowest BCUT2D eigenvalue weighted by Crippen LogP contribution is -2.45. The van der Waals surface area contributed by atoms with Crippen molar-refractivity contribution < 1.29 is 4.79 Å². The number of benzene rings is 1. The first kappa shape index (κ1) is 9.06. The van der Waals surface area contributed by atoms with Gasteiger partial charge in [0.2, 0.25) is 5.91 Å². The highest BCUT2D eigenvalue weighted by Crippen LogP contribution is 2.34. The molecule has 74 valence electrons. The normalized spacial score (nSPS) is 18.6. The summed E-state index contributed by atoms with van der Waals surface area (Å²) in [6.45, 7) is 4.38. The first-order chi connectivity index (χ1) is 6.53. The molecule has 0 saturated heterocycles. The fraction of sp³-hybridized carbons (Fsp3) is 0.364. The van der Waals surface area contributed by atoms with Crippen molar-refractivity contribution in [2.45, 2.75) is 25.8 Å². The minimum absolute atomic E-state index is 0.0444. The molecule has 0 radical (unpaired) electrons. The van der Waals surface area contributed by atoms with Crippen LogP contribution in [0, 0.1) is 0 Å². The van der Waals surface area contributed by atoms with Gasteiger partial charge in [0.25, 0.3) is 0 Å². The van der Waals surface area contributed by atoms with Gasteiger partial charge < -0.3 is 11.1 Å². The molecule has 1 aliphatic rings. The van der Waals surface area contributed by atoms with E-state index in [1.807, 2.05) is 32.0 Å². The third-order valence-electron chi connectivity index (χ3n) is 2.82. The van der Waals surface area contributed by atoms with Crippen molar-refractivity contribution in [2.75, 3.05) is 5.73 Å². The quantitative estimate of drug-likeness (QED) is 0.603. The molecule has 0 atom stereocenters. The van der Waals surface area contributed by atoms with Crippen LogP contribution < -0.4 is 11.1 Å². The Morgan fingerprint density at radius 2 is 2.14 bits per heavy atom. The number of carbonyl (C=O) groups is 1. The largest absolute Gasteiger partial charge is 0.398 e. The predicted molar refractivity (Wildman–Crippen MR) is 55.7 cm³/mol. The fourth-order valence-corrected chi connectivity index (χ4v) is 2.04. The Hall–Kier alpha value is -1.51. The van der Waals surface area contributed by atoms with Gasteiger partial charge in [0, 0.05) is 12.2 Å². The van der Waals surface area contributed by atoms with Crippen LogP contribution >= 0.6 is 0 Å². The van der Waals surface area contributed by atoms with Gasteiger partial charge in [-0.1, -0.05) is 12.1 Å². The second-order valence-electron chi connectivity index (χ2n) is 4.19. The Morgan fingerprint density at radius 3 is 2.86 bits per heavy atom. The number of nitrogen functional groups attached to an aromatic ring is 1. The van der Waals surface area contributed by atoms with Crippen LogP contribution in [0.3, 0.4) is 0 Å². The zero-order chi connectivity index (χ0) is 10.3. The molecule has 2 rings (SSSR count). The van der Waals surface area contributed by atoms with Gasteiger partial charge in [-0.05, 0) is 31.0 Å². The van der Waals surface area contributed by atoms with Gasteiger partial charge in [-0.2, -0.15) is 0 Å². The van der Waals surface area contributed by atoms with Gasteiger partial charge in [0.05, 0.1) is 5.41 Å². The van der Waals surface area contributed by atoms with Gasteiger partial charge in [-0.15, -0.1) is 0 Å². The number of hydrogen-bond donors (Lipinski definition) is 2. The molecule has 0 bridgehead atoms. The lowest BCUT2D eigenvalue weighted by Gasteiger charge is -2.32. The molecule has 1 aromatic rings. The Labute approximate surface area is 83.3 Å². The minimum atomic E-state index is -0.515. The van der Waals surface area contributed by atoms with Crippen molar-refractivity contribution in [3.05, 3.63) is 29.3 Å². The van der Waals surface area contributed by atoms with Crippen molar-refractivity contribution in [1.82, 2.24) is 5.32 Å². The predicted octanol–water partition coefficient (Wildman–Crippen LogP) is 1.18. The molecule has 3 N–H and O–H groups in total. The first-order valence-corrected chi connectivity index (χ1v) is 4.69. The molecule has 0 aromatic heterocycles. The van der Waals surface area contributed by atoms with Gasteiger partial charge in [-0.3, -0.25) is 4.79 Å². The number of amides is 1. The molecule has 1 heterocycles. The van der Waals surface area contributed by atoms with Gasteiger partial charge in [-0.25, -0.2) is 0 Å². The zero-order valence-electron chi connectivity index (χ0n) is 8.42. The third kappa shape index (κ3) is 1.09. The van der Waals surface area contributed by atoms with E-state index in [1.165, 1.54) is 0 Å². The van der Waals surface area contributed by atoms with Gasteiger partial charge in [0.1, 0.15) is 0 Å². The van der Waals surface area contributed by atoms with Crippen LogP contribution in [0.1, 0.15) is 25.0 Å². The van der Waals surface area contributed by atoms with E-state index in [4.69, 9.17) is 5.73 Å². The highest BCUT2D eigenvalue weighted by molar-refractivity contribution is 5.91. The molecule has 0 saturated carbocycles. The van der Waals surface area contributed by atoms with Crippen LogP contribution in [-0.4, -0.2) is 5.91 Å². The standard InChI is InChI=1S/C11H14N2O/c1-11(2)9-7(6-13-10(11)14)4-3-5-8(9)12/h3-5H,6,12H2,1-2H3,(H,13,14). The Morgan fingerprint density at radius 1 is 1.43 bits per heavy atom. The Bertz CT molecular complexity index is 396. The van der Waals surface area contributed by atoms with Crippen molar-refractivity contribution in [2.24, 2.45) is 0 Å². The monoisotopic (exact) mass is 190 g/mol. The summed E-state index contributed by atoms with van der Waals surface area (Å²) in [7, 11) is 0. The van der Waals surface area contributed by atoms with Gasteiger partial charge >= 0.3 is 0 Å². The topological polar surface area (TPSA) is 55.1 Å². The number of rotatable bonds is 0.